The van der Waals surface area contributed by atoms with Gasteiger partial charge in [-0.2, -0.15) is 0 Å². The summed E-state index contributed by atoms with van der Waals surface area (Å²) < 4.78 is 5.99. The fourth-order valence-corrected chi connectivity index (χ4v) is 3.92. The molecule has 1 aromatic heterocycles. The van der Waals surface area contributed by atoms with Crippen LogP contribution in [0, 0.1) is 19.8 Å². The lowest BCUT2D eigenvalue weighted by Crippen LogP contribution is -2.35. The Balaban J connectivity index is 2.21. The Hall–Kier alpha value is -0.380. The Morgan fingerprint density at radius 3 is 2.78 bits per heavy atom. The minimum atomic E-state index is 0.341. The maximum Gasteiger partial charge on any atom is 0.0804 e. The maximum atomic E-state index is 5.99. The number of ether oxygens (including phenoxy) is 1. The van der Waals surface area contributed by atoms with E-state index in [0.717, 1.165) is 13.2 Å². The molecule has 2 rings (SSSR count). The first-order chi connectivity index (χ1) is 8.63. The molecule has 0 amide bonds. The smallest absolute Gasteiger partial charge is 0.0804 e. The highest BCUT2D eigenvalue weighted by molar-refractivity contribution is 7.12. The summed E-state index contributed by atoms with van der Waals surface area (Å²) >= 11 is 1.92. The average molecular weight is 267 g/mol. The van der Waals surface area contributed by atoms with Crippen molar-refractivity contribution in [2.45, 2.75) is 52.7 Å². The van der Waals surface area contributed by atoms with Gasteiger partial charge in [0.15, 0.2) is 0 Å². The Morgan fingerprint density at radius 2 is 2.28 bits per heavy atom. The van der Waals surface area contributed by atoms with Crippen molar-refractivity contribution in [2.75, 3.05) is 13.2 Å². The van der Waals surface area contributed by atoms with Gasteiger partial charge in [0, 0.05) is 16.4 Å². The van der Waals surface area contributed by atoms with E-state index in [-0.39, 0.29) is 0 Å². The van der Waals surface area contributed by atoms with E-state index in [1.165, 1.54) is 28.2 Å². The van der Waals surface area contributed by atoms with Crippen molar-refractivity contribution in [3.8, 4) is 0 Å². The molecule has 1 N–H and O–H groups in total. The molecule has 3 heteroatoms. The van der Waals surface area contributed by atoms with E-state index in [0.29, 0.717) is 18.1 Å². The van der Waals surface area contributed by atoms with Crippen molar-refractivity contribution < 1.29 is 4.74 Å². The molecule has 102 valence electrons. The third-order valence-corrected chi connectivity index (χ3v) is 4.98. The van der Waals surface area contributed by atoms with Crippen molar-refractivity contribution in [3.63, 3.8) is 0 Å². The first kappa shape index (κ1) is 14.0. The molecule has 0 radical (unpaired) electrons. The van der Waals surface area contributed by atoms with E-state index in [1.807, 2.05) is 11.3 Å². The third kappa shape index (κ3) is 2.95. The number of hydrogen-bond acceptors (Lipinski definition) is 3. The van der Waals surface area contributed by atoms with Crippen LogP contribution in [0.3, 0.4) is 0 Å². The van der Waals surface area contributed by atoms with Gasteiger partial charge < -0.3 is 10.1 Å². The second kappa shape index (κ2) is 6.18. The molecule has 0 aromatic carbocycles. The summed E-state index contributed by atoms with van der Waals surface area (Å²) in [5.74, 6) is 0.654. The van der Waals surface area contributed by atoms with Crippen LogP contribution < -0.4 is 5.32 Å². The summed E-state index contributed by atoms with van der Waals surface area (Å²) in [6.45, 7) is 10.9. The molecule has 2 nitrogen and oxygen atoms in total. The van der Waals surface area contributed by atoms with Crippen molar-refractivity contribution in [2.24, 2.45) is 5.92 Å². The molecule has 1 saturated heterocycles. The highest BCUT2D eigenvalue weighted by atomic mass is 32.1. The third-order valence-electron chi connectivity index (χ3n) is 3.75. The molecule has 1 aliphatic rings. The van der Waals surface area contributed by atoms with Gasteiger partial charge in [-0.3, -0.25) is 0 Å². The van der Waals surface area contributed by atoms with Gasteiger partial charge in [-0.25, -0.2) is 0 Å². The van der Waals surface area contributed by atoms with E-state index in [1.54, 1.807) is 0 Å². The molecule has 1 aliphatic heterocycles. The van der Waals surface area contributed by atoms with Crippen molar-refractivity contribution in [1.82, 2.24) is 5.32 Å². The maximum absolute atomic E-state index is 5.99. The Bertz CT molecular complexity index is 388. The number of rotatable bonds is 5. The van der Waals surface area contributed by atoms with Crippen molar-refractivity contribution >= 4 is 11.3 Å². The SMILES string of the molecule is CCCNC(c1sc(C)cc1C)C1OCCC1C. The minimum Gasteiger partial charge on any atom is -0.376 e. The van der Waals surface area contributed by atoms with Crippen LogP contribution in [0.1, 0.15) is 48.0 Å². The molecule has 1 aromatic rings. The molecule has 0 saturated carbocycles. The zero-order chi connectivity index (χ0) is 13.1. The lowest BCUT2D eigenvalue weighted by atomic mass is 9.95. The molecule has 2 heterocycles. The largest absolute Gasteiger partial charge is 0.376 e. The Labute approximate surface area is 115 Å². The normalized spacial score (nSPS) is 25.6. The zero-order valence-corrected chi connectivity index (χ0v) is 12.8. The lowest BCUT2D eigenvalue weighted by Gasteiger charge is -2.27. The topological polar surface area (TPSA) is 21.3 Å². The summed E-state index contributed by atoms with van der Waals surface area (Å²) in [6, 6.07) is 2.67. The van der Waals surface area contributed by atoms with E-state index >= 15 is 0 Å². The fourth-order valence-electron chi connectivity index (χ4n) is 2.77. The predicted octanol–water partition coefficient (Wildman–Crippen LogP) is 3.83. The summed E-state index contributed by atoms with van der Waals surface area (Å²) in [4.78, 5) is 2.87. The van der Waals surface area contributed by atoms with Crippen LogP contribution in [0.15, 0.2) is 6.07 Å². The second-order valence-electron chi connectivity index (χ2n) is 5.44. The van der Waals surface area contributed by atoms with Gasteiger partial charge in [-0.15, -0.1) is 11.3 Å². The van der Waals surface area contributed by atoms with Crippen molar-refractivity contribution in [1.29, 1.82) is 0 Å². The molecule has 3 unspecified atom stereocenters. The highest BCUT2D eigenvalue weighted by Crippen LogP contribution is 2.36. The first-order valence-corrected chi connectivity index (χ1v) is 7.87. The quantitative estimate of drug-likeness (QED) is 0.875. The molecule has 18 heavy (non-hydrogen) atoms. The minimum absolute atomic E-state index is 0.341. The molecular formula is C15H25NOS. The van der Waals surface area contributed by atoms with E-state index in [2.05, 4.69) is 39.1 Å². The molecule has 0 spiro atoms. The number of nitrogens with one attached hydrogen (secondary N) is 1. The molecule has 1 fully saturated rings. The lowest BCUT2D eigenvalue weighted by molar-refractivity contribution is 0.0616. The zero-order valence-electron chi connectivity index (χ0n) is 12.0. The van der Waals surface area contributed by atoms with Gasteiger partial charge in [-0.1, -0.05) is 13.8 Å². The van der Waals surface area contributed by atoms with Gasteiger partial charge in [0.05, 0.1) is 12.1 Å². The van der Waals surface area contributed by atoms with Crippen LogP contribution in [-0.4, -0.2) is 19.3 Å². The van der Waals surface area contributed by atoms with Gasteiger partial charge in [-0.05, 0) is 50.8 Å². The summed E-state index contributed by atoms with van der Waals surface area (Å²) in [5.41, 5.74) is 1.41. The van der Waals surface area contributed by atoms with Gasteiger partial charge in [0.1, 0.15) is 0 Å². The van der Waals surface area contributed by atoms with E-state index in [9.17, 15) is 0 Å². The molecule has 0 bridgehead atoms. The molecule has 0 aliphatic carbocycles. The number of thiophene rings is 1. The van der Waals surface area contributed by atoms with E-state index in [4.69, 9.17) is 4.74 Å². The predicted molar refractivity (Wildman–Crippen MR) is 78.3 cm³/mol. The van der Waals surface area contributed by atoms with Gasteiger partial charge in [0.25, 0.3) is 0 Å². The van der Waals surface area contributed by atoms with E-state index < -0.39 is 0 Å². The Morgan fingerprint density at radius 1 is 1.50 bits per heavy atom. The van der Waals surface area contributed by atoms with Gasteiger partial charge in [0.2, 0.25) is 0 Å². The highest BCUT2D eigenvalue weighted by Gasteiger charge is 2.34. The summed E-state index contributed by atoms with van der Waals surface area (Å²) in [7, 11) is 0. The van der Waals surface area contributed by atoms with Crippen LogP contribution in [0.2, 0.25) is 0 Å². The molecule has 3 atom stereocenters. The number of hydrogen-bond donors (Lipinski definition) is 1. The van der Waals surface area contributed by atoms with Crippen LogP contribution in [0.25, 0.3) is 0 Å². The van der Waals surface area contributed by atoms with Crippen LogP contribution in [-0.2, 0) is 4.74 Å². The van der Waals surface area contributed by atoms with Crippen LogP contribution in [0.4, 0.5) is 0 Å². The second-order valence-corrected chi connectivity index (χ2v) is 6.73. The van der Waals surface area contributed by atoms with Crippen molar-refractivity contribution in [3.05, 3.63) is 21.4 Å². The monoisotopic (exact) mass is 267 g/mol. The van der Waals surface area contributed by atoms with Crippen LogP contribution >= 0.6 is 11.3 Å². The first-order valence-electron chi connectivity index (χ1n) is 7.05. The number of aryl methyl sites for hydroxylation is 2. The summed E-state index contributed by atoms with van der Waals surface area (Å²) in [6.07, 6.45) is 2.70. The fraction of sp³-hybridized carbons (Fsp3) is 0.733. The van der Waals surface area contributed by atoms with Gasteiger partial charge >= 0.3 is 0 Å². The Kier molecular flexibility index (Phi) is 4.82. The molecular weight excluding hydrogens is 242 g/mol. The van der Waals surface area contributed by atoms with Crippen LogP contribution in [0.5, 0.6) is 0 Å². The average Bonchev–Trinajstić information content (AvgIpc) is 2.87. The standard InChI is InChI=1S/C15H25NOS/c1-5-7-16-13(14-10(2)6-8-17-14)15-11(3)9-12(4)18-15/h9-10,13-14,16H,5-8H2,1-4H3. The summed E-state index contributed by atoms with van der Waals surface area (Å²) in [5, 5.41) is 3.70.